The summed E-state index contributed by atoms with van der Waals surface area (Å²) >= 11 is 5.91. The molecule has 0 atom stereocenters. The maximum absolute atomic E-state index is 13.2. The van der Waals surface area contributed by atoms with E-state index in [9.17, 15) is 13.6 Å². The van der Waals surface area contributed by atoms with E-state index in [2.05, 4.69) is 0 Å². The zero-order valence-corrected chi connectivity index (χ0v) is 11.6. The third-order valence-electron chi connectivity index (χ3n) is 3.29. The molecule has 2 aromatic carbocycles. The Labute approximate surface area is 124 Å². The van der Waals surface area contributed by atoms with Crippen molar-refractivity contribution in [3.05, 3.63) is 70.9 Å². The van der Waals surface area contributed by atoms with Crippen LogP contribution in [0.2, 0.25) is 5.02 Å². The van der Waals surface area contributed by atoms with Gasteiger partial charge in [0.1, 0.15) is 0 Å². The largest absolute Gasteiger partial charge is 0.340 e. The van der Waals surface area contributed by atoms with E-state index in [4.69, 9.17) is 11.6 Å². The van der Waals surface area contributed by atoms with Gasteiger partial charge in [0.05, 0.1) is 6.54 Å². The molecule has 1 aromatic heterocycles. The predicted molar refractivity (Wildman–Crippen MR) is 77.6 cm³/mol. The summed E-state index contributed by atoms with van der Waals surface area (Å²) in [6, 6.07) is 10.4. The average Bonchev–Trinajstić information content (AvgIpc) is 2.84. The van der Waals surface area contributed by atoms with Crippen molar-refractivity contribution < 1.29 is 13.6 Å². The maximum atomic E-state index is 13.2. The van der Waals surface area contributed by atoms with Gasteiger partial charge in [0.15, 0.2) is 17.4 Å². The molecule has 5 heteroatoms. The molecule has 0 aliphatic heterocycles. The lowest BCUT2D eigenvalue weighted by Gasteiger charge is -2.05. The molecule has 0 radical (unpaired) electrons. The highest BCUT2D eigenvalue weighted by molar-refractivity contribution is 6.31. The van der Waals surface area contributed by atoms with E-state index in [-0.39, 0.29) is 17.9 Å². The molecule has 0 saturated heterocycles. The second-order valence-corrected chi connectivity index (χ2v) is 5.14. The van der Waals surface area contributed by atoms with Gasteiger partial charge >= 0.3 is 0 Å². The molecular weight excluding hydrogens is 296 g/mol. The van der Waals surface area contributed by atoms with Gasteiger partial charge in [0.25, 0.3) is 0 Å². The SMILES string of the molecule is O=C(Cn1ccc2cc(Cl)ccc21)c1ccc(F)c(F)c1. The minimum atomic E-state index is -1.02. The fourth-order valence-corrected chi connectivity index (χ4v) is 2.40. The van der Waals surface area contributed by atoms with Gasteiger partial charge in [-0.1, -0.05) is 11.6 Å². The summed E-state index contributed by atoms with van der Waals surface area (Å²) in [5.74, 6) is -2.28. The number of hydrogen-bond acceptors (Lipinski definition) is 1. The van der Waals surface area contributed by atoms with E-state index >= 15 is 0 Å². The second kappa shape index (κ2) is 5.30. The number of hydrogen-bond donors (Lipinski definition) is 0. The molecule has 106 valence electrons. The average molecular weight is 306 g/mol. The number of nitrogens with zero attached hydrogens (tertiary/aromatic N) is 1. The molecule has 21 heavy (non-hydrogen) atoms. The van der Waals surface area contributed by atoms with Crippen molar-refractivity contribution in [3.8, 4) is 0 Å². The Hall–Kier alpha value is -2.20. The van der Waals surface area contributed by atoms with Crippen LogP contribution in [-0.2, 0) is 6.54 Å². The van der Waals surface area contributed by atoms with Crippen LogP contribution in [0.5, 0.6) is 0 Å². The van der Waals surface area contributed by atoms with Crippen LogP contribution < -0.4 is 0 Å². The zero-order chi connectivity index (χ0) is 15.0. The number of benzene rings is 2. The number of ketones is 1. The smallest absolute Gasteiger partial charge is 0.182 e. The first kappa shape index (κ1) is 13.8. The van der Waals surface area contributed by atoms with Gasteiger partial charge in [-0.3, -0.25) is 4.79 Å². The zero-order valence-electron chi connectivity index (χ0n) is 10.8. The van der Waals surface area contributed by atoms with Crippen LogP contribution in [0, 0.1) is 11.6 Å². The standard InChI is InChI=1S/C16H10ClF2NO/c17-12-2-4-15-10(7-12)5-6-20(15)9-16(21)11-1-3-13(18)14(19)8-11/h1-8H,9H2. The monoisotopic (exact) mass is 305 g/mol. The molecular formula is C16H10ClF2NO. The Morgan fingerprint density at radius 2 is 1.86 bits per heavy atom. The van der Waals surface area contributed by atoms with E-state index in [1.54, 1.807) is 22.9 Å². The van der Waals surface area contributed by atoms with Crippen LogP contribution in [-0.4, -0.2) is 10.4 Å². The van der Waals surface area contributed by atoms with Gasteiger partial charge in [-0.05, 0) is 42.5 Å². The van der Waals surface area contributed by atoms with Gasteiger partial charge in [0, 0.05) is 27.7 Å². The van der Waals surface area contributed by atoms with Gasteiger partial charge < -0.3 is 4.57 Å². The van der Waals surface area contributed by atoms with Crippen LogP contribution in [0.25, 0.3) is 10.9 Å². The predicted octanol–water partition coefficient (Wildman–Crippen LogP) is 4.46. The minimum Gasteiger partial charge on any atom is -0.340 e. The van der Waals surface area contributed by atoms with Crippen molar-refractivity contribution in [3.63, 3.8) is 0 Å². The summed E-state index contributed by atoms with van der Waals surface area (Å²) in [4.78, 5) is 12.2. The molecule has 0 aliphatic carbocycles. The summed E-state index contributed by atoms with van der Waals surface area (Å²) in [6.45, 7) is 0.0518. The van der Waals surface area contributed by atoms with Crippen LogP contribution in [0.3, 0.4) is 0 Å². The summed E-state index contributed by atoms with van der Waals surface area (Å²) in [5, 5.41) is 1.53. The topological polar surface area (TPSA) is 22.0 Å². The van der Waals surface area contributed by atoms with E-state index < -0.39 is 11.6 Å². The van der Waals surface area contributed by atoms with Crippen LogP contribution in [0.15, 0.2) is 48.7 Å². The number of fused-ring (bicyclic) bond motifs is 1. The Morgan fingerprint density at radius 3 is 2.62 bits per heavy atom. The van der Waals surface area contributed by atoms with E-state index in [1.807, 2.05) is 12.1 Å². The summed E-state index contributed by atoms with van der Waals surface area (Å²) in [5.41, 5.74) is 1.00. The Bertz CT molecular complexity index is 841. The molecule has 0 saturated carbocycles. The first-order valence-corrected chi connectivity index (χ1v) is 6.65. The highest BCUT2D eigenvalue weighted by Gasteiger charge is 2.11. The van der Waals surface area contributed by atoms with Gasteiger partial charge in [-0.15, -0.1) is 0 Å². The van der Waals surface area contributed by atoms with E-state index in [0.717, 1.165) is 23.0 Å². The van der Waals surface area contributed by atoms with Crippen molar-refractivity contribution in [2.75, 3.05) is 0 Å². The molecule has 0 spiro atoms. The number of Topliss-reactive ketones (excluding diaryl/α,β-unsaturated/α-hetero) is 1. The molecule has 0 N–H and O–H groups in total. The number of rotatable bonds is 3. The Morgan fingerprint density at radius 1 is 1.05 bits per heavy atom. The van der Waals surface area contributed by atoms with Gasteiger partial charge in [-0.25, -0.2) is 8.78 Å². The molecule has 2 nitrogen and oxygen atoms in total. The second-order valence-electron chi connectivity index (χ2n) is 4.70. The lowest BCUT2D eigenvalue weighted by molar-refractivity contribution is 0.0973. The summed E-state index contributed by atoms with van der Waals surface area (Å²) < 4.78 is 27.8. The first-order chi connectivity index (χ1) is 10.0. The number of carbonyl (C=O) groups excluding carboxylic acids is 1. The van der Waals surface area contributed by atoms with Crippen molar-refractivity contribution in [2.45, 2.75) is 6.54 Å². The first-order valence-electron chi connectivity index (χ1n) is 6.27. The Balaban J connectivity index is 1.91. The molecule has 3 aromatic rings. The highest BCUT2D eigenvalue weighted by atomic mass is 35.5. The lowest BCUT2D eigenvalue weighted by atomic mass is 10.1. The van der Waals surface area contributed by atoms with E-state index in [0.29, 0.717) is 5.02 Å². The highest BCUT2D eigenvalue weighted by Crippen LogP contribution is 2.21. The van der Waals surface area contributed by atoms with Crippen molar-refractivity contribution in [1.29, 1.82) is 0 Å². The van der Waals surface area contributed by atoms with Crippen LogP contribution >= 0.6 is 11.6 Å². The summed E-state index contributed by atoms with van der Waals surface area (Å²) in [6.07, 6.45) is 1.76. The molecule has 0 aliphatic rings. The molecule has 1 heterocycles. The van der Waals surface area contributed by atoms with Gasteiger partial charge in [-0.2, -0.15) is 0 Å². The minimum absolute atomic E-state index is 0.0518. The van der Waals surface area contributed by atoms with Crippen molar-refractivity contribution >= 4 is 28.3 Å². The van der Waals surface area contributed by atoms with Gasteiger partial charge in [0.2, 0.25) is 0 Å². The number of halogens is 3. The Kier molecular flexibility index (Phi) is 3.47. The quantitative estimate of drug-likeness (QED) is 0.655. The molecule has 0 bridgehead atoms. The number of aromatic nitrogens is 1. The van der Waals surface area contributed by atoms with Crippen molar-refractivity contribution in [2.24, 2.45) is 0 Å². The fraction of sp³-hybridized carbons (Fsp3) is 0.0625. The third-order valence-corrected chi connectivity index (χ3v) is 3.52. The van der Waals surface area contributed by atoms with Crippen molar-refractivity contribution in [1.82, 2.24) is 4.57 Å². The fourth-order valence-electron chi connectivity index (χ4n) is 2.22. The normalized spacial score (nSPS) is 11.0. The van der Waals surface area contributed by atoms with Crippen LogP contribution in [0.4, 0.5) is 8.78 Å². The lowest BCUT2D eigenvalue weighted by Crippen LogP contribution is -2.10. The third kappa shape index (κ3) is 2.67. The maximum Gasteiger partial charge on any atom is 0.182 e. The van der Waals surface area contributed by atoms with Crippen LogP contribution in [0.1, 0.15) is 10.4 Å². The molecule has 0 fully saturated rings. The molecule has 0 unspecified atom stereocenters. The molecule has 0 amide bonds. The summed E-state index contributed by atoms with van der Waals surface area (Å²) in [7, 11) is 0. The van der Waals surface area contributed by atoms with E-state index in [1.165, 1.54) is 6.07 Å². The molecule has 3 rings (SSSR count). The number of carbonyl (C=O) groups is 1.